The molecule has 2 heterocycles. The van der Waals surface area contributed by atoms with E-state index in [1.807, 2.05) is 26.0 Å². The number of ether oxygens (including phenoxy) is 1. The number of oxazole rings is 1. The Morgan fingerprint density at radius 1 is 1.30 bits per heavy atom. The van der Waals surface area contributed by atoms with Gasteiger partial charge in [-0.1, -0.05) is 29.5 Å². The molecule has 3 rings (SSSR count). The van der Waals surface area contributed by atoms with Crippen LogP contribution in [0, 0.1) is 13.8 Å². The minimum atomic E-state index is -0.527. The lowest BCUT2D eigenvalue weighted by atomic mass is 10.1. The summed E-state index contributed by atoms with van der Waals surface area (Å²) in [5.74, 6) is 0.677. The van der Waals surface area contributed by atoms with Gasteiger partial charge in [0.2, 0.25) is 5.89 Å². The Bertz CT molecular complexity index is 971. The molecule has 0 aliphatic heterocycles. The van der Waals surface area contributed by atoms with Crippen molar-refractivity contribution in [3.8, 4) is 11.5 Å². The lowest BCUT2D eigenvalue weighted by Crippen LogP contribution is -2.10. The minimum absolute atomic E-state index is 0.0991. The van der Waals surface area contributed by atoms with Gasteiger partial charge >= 0.3 is 5.97 Å². The number of hydrogen-bond donors (Lipinski definition) is 1. The van der Waals surface area contributed by atoms with Gasteiger partial charge in [-0.2, -0.15) is 0 Å². The van der Waals surface area contributed by atoms with E-state index in [9.17, 15) is 4.79 Å². The molecule has 0 saturated heterocycles. The van der Waals surface area contributed by atoms with Crippen LogP contribution in [0.4, 0.5) is 5.82 Å². The van der Waals surface area contributed by atoms with Gasteiger partial charge in [0.25, 0.3) is 0 Å². The molecule has 8 heteroatoms. The number of anilines is 1. The number of aryl methyl sites for hydroxylation is 2. The summed E-state index contributed by atoms with van der Waals surface area (Å²) in [5.41, 5.74) is 10.0. The Balaban J connectivity index is 1.68. The van der Waals surface area contributed by atoms with Crippen molar-refractivity contribution in [2.75, 3.05) is 12.3 Å². The van der Waals surface area contributed by atoms with Crippen molar-refractivity contribution in [1.82, 2.24) is 15.0 Å². The summed E-state index contributed by atoms with van der Waals surface area (Å²) >= 11 is 1.36. The van der Waals surface area contributed by atoms with Crippen LogP contribution < -0.4 is 5.73 Å². The van der Waals surface area contributed by atoms with Crippen LogP contribution in [-0.4, -0.2) is 27.5 Å². The summed E-state index contributed by atoms with van der Waals surface area (Å²) in [7, 11) is 0. The molecular weight excluding hydrogens is 364 g/mol. The largest absolute Gasteiger partial charge is 0.462 e. The Kier molecular flexibility index (Phi) is 5.75. The number of nitrogen functional groups attached to an aromatic ring is 1. The maximum atomic E-state index is 11.7. The second-order valence-electron chi connectivity index (χ2n) is 5.92. The molecule has 0 spiro atoms. The highest BCUT2D eigenvalue weighted by molar-refractivity contribution is 7.98. The molecule has 3 aromatic rings. The van der Waals surface area contributed by atoms with Gasteiger partial charge in [0.15, 0.2) is 5.16 Å². The van der Waals surface area contributed by atoms with Gasteiger partial charge in [0, 0.05) is 17.5 Å². The number of thioether (sulfide) groups is 1. The van der Waals surface area contributed by atoms with Gasteiger partial charge in [0.1, 0.15) is 17.6 Å². The van der Waals surface area contributed by atoms with Crippen molar-refractivity contribution in [3.05, 3.63) is 53.0 Å². The molecule has 0 radical (unpaired) electrons. The Morgan fingerprint density at radius 3 is 2.81 bits per heavy atom. The lowest BCUT2D eigenvalue weighted by Gasteiger charge is -2.05. The third-order valence-electron chi connectivity index (χ3n) is 3.80. The Morgan fingerprint density at radius 2 is 2.11 bits per heavy atom. The summed E-state index contributed by atoms with van der Waals surface area (Å²) in [6, 6.07) is 6.13. The van der Waals surface area contributed by atoms with Gasteiger partial charge in [0.05, 0.1) is 12.3 Å². The first-order valence-electron chi connectivity index (χ1n) is 8.42. The third kappa shape index (κ3) is 4.46. The maximum Gasteiger partial charge on any atom is 0.343 e. The van der Waals surface area contributed by atoms with Crippen molar-refractivity contribution in [1.29, 1.82) is 0 Å². The monoisotopic (exact) mass is 384 g/mol. The molecule has 0 fully saturated rings. The summed E-state index contributed by atoms with van der Waals surface area (Å²) in [5, 5.41) is 0.455. The van der Waals surface area contributed by atoms with Crippen LogP contribution in [0.2, 0.25) is 0 Å². The van der Waals surface area contributed by atoms with Crippen LogP contribution >= 0.6 is 11.8 Å². The predicted molar refractivity (Wildman–Crippen MR) is 103 cm³/mol. The molecule has 2 N–H and O–H groups in total. The predicted octanol–water partition coefficient (Wildman–Crippen LogP) is 3.80. The quantitative estimate of drug-likeness (QED) is 0.389. The molecule has 7 nitrogen and oxygen atoms in total. The first-order valence-corrected chi connectivity index (χ1v) is 9.41. The van der Waals surface area contributed by atoms with E-state index in [1.165, 1.54) is 23.5 Å². The number of carbonyl (C=O) groups excluding carboxylic acids is 1. The lowest BCUT2D eigenvalue weighted by molar-refractivity contribution is 0.0526. The topological polar surface area (TPSA) is 104 Å². The SMILES string of the molecule is CCOC(=O)c1cnc(SCc2coc(-c3ccc(C)cc3C)n2)nc1N. The summed E-state index contributed by atoms with van der Waals surface area (Å²) < 4.78 is 10.5. The fourth-order valence-corrected chi connectivity index (χ4v) is 3.20. The van der Waals surface area contributed by atoms with Gasteiger partial charge in [-0.05, 0) is 32.4 Å². The van der Waals surface area contributed by atoms with Gasteiger partial charge in [-0.15, -0.1) is 0 Å². The highest BCUT2D eigenvalue weighted by atomic mass is 32.2. The number of benzene rings is 1. The Hall–Kier alpha value is -2.87. The fourth-order valence-electron chi connectivity index (χ4n) is 2.50. The van der Waals surface area contributed by atoms with E-state index < -0.39 is 5.97 Å². The van der Waals surface area contributed by atoms with E-state index in [1.54, 1.807) is 13.2 Å². The zero-order chi connectivity index (χ0) is 19.4. The Labute approximate surface area is 161 Å². The van der Waals surface area contributed by atoms with Crippen molar-refractivity contribution < 1.29 is 13.9 Å². The normalized spacial score (nSPS) is 10.8. The van der Waals surface area contributed by atoms with E-state index in [4.69, 9.17) is 14.9 Å². The molecule has 0 aliphatic carbocycles. The van der Waals surface area contributed by atoms with Crippen molar-refractivity contribution >= 4 is 23.5 Å². The first kappa shape index (κ1) is 18.9. The smallest absolute Gasteiger partial charge is 0.343 e. The van der Waals surface area contributed by atoms with Crippen LogP contribution in [0.3, 0.4) is 0 Å². The molecule has 0 saturated carbocycles. The van der Waals surface area contributed by atoms with Crippen LogP contribution in [0.15, 0.2) is 40.2 Å². The molecule has 0 amide bonds. The minimum Gasteiger partial charge on any atom is -0.462 e. The standard InChI is InChI=1S/C19H20N4O3S/c1-4-25-18(24)15-8-21-19(23-16(15)20)27-10-13-9-26-17(22-13)14-6-5-11(2)7-12(14)3/h5-9H,4,10H2,1-3H3,(H2,20,21,23). The zero-order valence-corrected chi connectivity index (χ0v) is 16.2. The molecule has 1 aromatic carbocycles. The van der Waals surface area contributed by atoms with Crippen LogP contribution in [0.5, 0.6) is 0 Å². The number of rotatable bonds is 6. The second-order valence-corrected chi connectivity index (χ2v) is 6.87. The van der Waals surface area contributed by atoms with Crippen LogP contribution in [0.25, 0.3) is 11.5 Å². The molecule has 140 valence electrons. The van der Waals surface area contributed by atoms with Crippen molar-refractivity contribution in [2.24, 2.45) is 0 Å². The molecule has 2 aromatic heterocycles. The van der Waals surface area contributed by atoms with Gasteiger partial charge in [-0.25, -0.2) is 19.7 Å². The molecule has 27 heavy (non-hydrogen) atoms. The van der Waals surface area contributed by atoms with E-state index in [0.717, 1.165) is 16.8 Å². The molecule has 0 bridgehead atoms. The second kappa shape index (κ2) is 8.22. The maximum absolute atomic E-state index is 11.7. The van der Waals surface area contributed by atoms with E-state index in [0.29, 0.717) is 16.8 Å². The molecule has 0 aliphatic rings. The number of nitrogens with zero attached hydrogens (tertiary/aromatic N) is 3. The van der Waals surface area contributed by atoms with Crippen molar-refractivity contribution in [2.45, 2.75) is 31.7 Å². The summed E-state index contributed by atoms with van der Waals surface area (Å²) in [6.45, 7) is 6.07. The van der Waals surface area contributed by atoms with E-state index in [-0.39, 0.29) is 18.0 Å². The highest BCUT2D eigenvalue weighted by Crippen LogP contribution is 2.26. The first-order chi connectivity index (χ1) is 13.0. The van der Waals surface area contributed by atoms with Crippen LogP contribution in [0.1, 0.15) is 34.1 Å². The molecular formula is C19H20N4O3S. The zero-order valence-electron chi connectivity index (χ0n) is 15.4. The average molecular weight is 384 g/mol. The fraction of sp³-hybridized carbons (Fsp3) is 0.263. The number of nitrogens with two attached hydrogens (primary N) is 1. The third-order valence-corrected chi connectivity index (χ3v) is 4.70. The number of carbonyl (C=O) groups is 1. The van der Waals surface area contributed by atoms with Crippen molar-refractivity contribution in [3.63, 3.8) is 0 Å². The molecule has 0 atom stereocenters. The van der Waals surface area contributed by atoms with E-state index in [2.05, 4.69) is 21.0 Å². The van der Waals surface area contributed by atoms with Crippen LogP contribution in [-0.2, 0) is 10.5 Å². The molecule has 0 unspecified atom stereocenters. The number of aromatic nitrogens is 3. The summed E-state index contributed by atoms with van der Waals surface area (Å²) in [6.07, 6.45) is 3.00. The average Bonchev–Trinajstić information content (AvgIpc) is 3.09. The summed E-state index contributed by atoms with van der Waals surface area (Å²) in [4.78, 5) is 24.6. The number of hydrogen-bond acceptors (Lipinski definition) is 8. The number of esters is 1. The van der Waals surface area contributed by atoms with Gasteiger partial charge < -0.3 is 14.9 Å². The van der Waals surface area contributed by atoms with E-state index >= 15 is 0 Å². The highest BCUT2D eigenvalue weighted by Gasteiger charge is 2.15. The van der Waals surface area contributed by atoms with Gasteiger partial charge in [-0.3, -0.25) is 0 Å².